The lowest BCUT2D eigenvalue weighted by atomic mass is 10.0. The van der Waals surface area contributed by atoms with Gasteiger partial charge in [-0.05, 0) is 31.4 Å². The van der Waals surface area contributed by atoms with Gasteiger partial charge in [0, 0.05) is 13.0 Å². The lowest BCUT2D eigenvalue weighted by molar-refractivity contribution is -0.120. The highest BCUT2D eigenvalue weighted by Gasteiger charge is 2.00. The van der Waals surface area contributed by atoms with Crippen LogP contribution in [0, 0.1) is 13.8 Å². The van der Waals surface area contributed by atoms with Crippen molar-refractivity contribution in [2.24, 2.45) is 0 Å². The third-order valence-corrected chi connectivity index (χ3v) is 2.54. The number of amides is 1. The van der Waals surface area contributed by atoms with Crippen LogP contribution in [0.5, 0.6) is 0 Å². The maximum atomic E-state index is 11.0. The molecular formula is C13H19NO. The standard InChI is InChI=1S/C13H19NO/c1-4-13(15)14-8-7-12-6-5-10(2)9-11(12)3/h5-6,9H,4,7-8H2,1-3H3,(H,14,15). The van der Waals surface area contributed by atoms with Crippen molar-refractivity contribution >= 4 is 5.91 Å². The first-order valence-corrected chi connectivity index (χ1v) is 5.46. The molecule has 0 aromatic heterocycles. The molecule has 0 unspecified atom stereocenters. The Hall–Kier alpha value is -1.31. The molecule has 0 saturated heterocycles. The van der Waals surface area contributed by atoms with Gasteiger partial charge >= 0.3 is 0 Å². The van der Waals surface area contributed by atoms with Crippen LogP contribution >= 0.6 is 0 Å². The Balaban J connectivity index is 2.47. The third kappa shape index (κ3) is 3.74. The highest BCUT2D eigenvalue weighted by molar-refractivity contribution is 5.75. The lowest BCUT2D eigenvalue weighted by Crippen LogP contribution is -2.24. The first-order valence-electron chi connectivity index (χ1n) is 5.46. The van der Waals surface area contributed by atoms with E-state index in [9.17, 15) is 4.79 Å². The largest absolute Gasteiger partial charge is 0.356 e. The molecule has 1 amide bonds. The zero-order valence-corrected chi connectivity index (χ0v) is 9.76. The van der Waals surface area contributed by atoms with Crippen molar-refractivity contribution in [2.45, 2.75) is 33.6 Å². The Morgan fingerprint density at radius 3 is 2.67 bits per heavy atom. The summed E-state index contributed by atoms with van der Waals surface area (Å²) in [6.07, 6.45) is 1.48. The van der Waals surface area contributed by atoms with Gasteiger partial charge in [0.05, 0.1) is 0 Å². The fraction of sp³-hybridized carbons (Fsp3) is 0.462. The molecule has 1 N–H and O–H groups in total. The van der Waals surface area contributed by atoms with Gasteiger partial charge in [-0.3, -0.25) is 4.79 Å². The van der Waals surface area contributed by atoms with Crippen molar-refractivity contribution in [3.63, 3.8) is 0 Å². The molecule has 2 nitrogen and oxygen atoms in total. The summed E-state index contributed by atoms with van der Waals surface area (Å²) < 4.78 is 0. The van der Waals surface area contributed by atoms with Gasteiger partial charge in [0.25, 0.3) is 0 Å². The molecule has 2 heteroatoms. The number of carbonyl (C=O) groups excluding carboxylic acids is 1. The van der Waals surface area contributed by atoms with E-state index in [2.05, 4.69) is 37.4 Å². The van der Waals surface area contributed by atoms with Crippen LogP contribution < -0.4 is 5.32 Å². The minimum Gasteiger partial charge on any atom is -0.356 e. The quantitative estimate of drug-likeness (QED) is 0.803. The van der Waals surface area contributed by atoms with Crippen molar-refractivity contribution in [1.29, 1.82) is 0 Å². The van der Waals surface area contributed by atoms with E-state index in [1.807, 2.05) is 6.92 Å². The van der Waals surface area contributed by atoms with E-state index < -0.39 is 0 Å². The molecule has 0 bridgehead atoms. The Bertz CT molecular complexity index is 344. The number of aryl methyl sites for hydroxylation is 2. The molecule has 0 aliphatic carbocycles. The van der Waals surface area contributed by atoms with E-state index in [-0.39, 0.29) is 5.91 Å². The molecule has 0 fully saturated rings. The minimum absolute atomic E-state index is 0.125. The number of benzene rings is 1. The Morgan fingerprint density at radius 2 is 2.07 bits per heavy atom. The minimum atomic E-state index is 0.125. The summed E-state index contributed by atoms with van der Waals surface area (Å²) in [5.74, 6) is 0.125. The maximum Gasteiger partial charge on any atom is 0.219 e. The monoisotopic (exact) mass is 205 g/mol. The van der Waals surface area contributed by atoms with Crippen molar-refractivity contribution in [1.82, 2.24) is 5.32 Å². The second-order valence-corrected chi connectivity index (χ2v) is 3.88. The van der Waals surface area contributed by atoms with Crippen LogP contribution in [0.15, 0.2) is 18.2 Å². The van der Waals surface area contributed by atoms with E-state index in [4.69, 9.17) is 0 Å². The van der Waals surface area contributed by atoms with Gasteiger partial charge in [-0.2, -0.15) is 0 Å². The number of hydrogen-bond acceptors (Lipinski definition) is 1. The van der Waals surface area contributed by atoms with Crippen molar-refractivity contribution in [2.75, 3.05) is 6.54 Å². The van der Waals surface area contributed by atoms with Crippen LogP contribution in [0.2, 0.25) is 0 Å². The fourth-order valence-electron chi connectivity index (χ4n) is 1.59. The summed E-state index contributed by atoms with van der Waals surface area (Å²) in [7, 11) is 0. The van der Waals surface area contributed by atoms with Crippen LogP contribution in [-0.2, 0) is 11.2 Å². The van der Waals surface area contributed by atoms with Gasteiger partial charge < -0.3 is 5.32 Å². The number of rotatable bonds is 4. The van der Waals surface area contributed by atoms with Gasteiger partial charge in [0.2, 0.25) is 5.91 Å². The molecule has 1 aromatic rings. The third-order valence-electron chi connectivity index (χ3n) is 2.54. The van der Waals surface area contributed by atoms with E-state index >= 15 is 0 Å². The summed E-state index contributed by atoms with van der Waals surface area (Å²) in [6.45, 7) is 6.81. The first kappa shape index (κ1) is 11.8. The van der Waals surface area contributed by atoms with Crippen LogP contribution in [0.4, 0.5) is 0 Å². The molecule has 0 heterocycles. The van der Waals surface area contributed by atoms with Gasteiger partial charge in [0.15, 0.2) is 0 Å². The molecular weight excluding hydrogens is 186 g/mol. The Kier molecular flexibility index (Phi) is 4.35. The zero-order valence-electron chi connectivity index (χ0n) is 9.76. The van der Waals surface area contributed by atoms with Crippen molar-refractivity contribution in [3.05, 3.63) is 34.9 Å². The normalized spacial score (nSPS) is 10.1. The predicted molar refractivity (Wildman–Crippen MR) is 62.9 cm³/mol. The van der Waals surface area contributed by atoms with Gasteiger partial charge in [0.1, 0.15) is 0 Å². The lowest BCUT2D eigenvalue weighted by Gasteiger charge is -2.07. The summed E-state index contributed by atoms with van der Waals surface area (Å²) in [4.78, 5) is 11.0. The number of carbonyl (C=O) groups is 1. The zero-order chi connectivity index (χ0) is 11.3. The number of nitrogens with one attached hydrogen (secondary N) is 1. The molecule has 0 saturated carbocycles. The van der Waals surface area contributed by atoms with E-state index in [0.29, 0.717) is 6.42 Å². The molecule has 0 aliphatic heterocycles. The summed E-state index contributed by atoms with van der Waals surface area (Å²) in [6, 6.07) is 6.43. The average molecular weight is 205 g/mol. The number of hydrogen-bond donors (Lipinski definition) is 1. The van der Waals surface area contributed by atoms with Crippen LogP contribution in [-0.4, -0.2) is 12.5 Å². The van der Waals surface area contributed by atoms with Crippen LogP contribution in [0.3, 0.4) is 0 Å². The van der Waals surface area contributed by atoms with E-state index in [1.165, 1.54) is 16.7 Å². The van der Waals surface area contributed by atoms with Crippen molar-refractivity contribution < 1.29 is 4.79 Å². The fourth-order valence-corrected chi connectivity index (χ4v) is 1.59. The van der Waals surface area contributed by atoms with Gasteiger partial charge in [-0.15, -0.1) is 0 Å². The van der Waals surface area contributed by atoms with Gasteiger partial charge in [-0.1, -0.05) is 30.7 Å². The second-order valence-electron chi connectivity index (χ2n) is 3.88. The molecule has 0 atom stereocenters. The maximum absolute atomic E-state index is 11.0. The van der Waals surface area contributed by atoms with Crippen molar-refractivity contribution in [3.8, 4) is 0 Å². The smallest absolute Gasteiger partial charge is 0.219 e. The molecule has 0 spiro atoms. The average Bonchev–Trinajstić information content (AvgIpc) is 2.21. The van der Waals surface area contributed by atoms with Crippen LogP contribution in [0.1, 0.15) is 30.0 Å². The second kappa shape index (κ2) is 5.54. The predicted octanol–water partition coefficient (Wildman–Crippen LogP) is 2.37. The molecule has 1 aromatic carbocycles. The first-order chi connectivity index (χ1) is 7.13. The molecule has 0 aliphatic rings. The summed E-state index contributed by atoms with van der Waals surface area (Å²) in [5.41, 5.74) is 3.91. The summed E-state index contributed by atoms with van der Waals surface area (Å²) >= 11 is 0. The highest BCUT2D eigenvalue weighted by Crippen LogP contribution is 2.10. The Morgan fingerprint density at radius 1 is 1.33 bits per heavy atom. The summed E-state index contributed by atoms with van der Waals surface area (Å²) in [5, 5.41) is 2.88. The SMILES string of the molecule is CCC(=O)NCCc1ccc(C)cc1C. The van der Waals surface area contributed by atoms with Gasteiger partial charge in [-0.25, -0.2) is 0 Å². The molecule has 82 valence electrons. The molecule has 1 rings (SSSR count). The Labute approximate surface area is 91.7 Å². The molecule has 15 heavy (non-hydrogen) atoms. The highest BCUT2D eigenvalue weighted by atomic mass is 16.1. The van der Waals surface area contributed by atoms with E-state index in [1.54, 1.807) is 0 Å². The topological polar surface area (TPSA) is 29.1 Å². The van der Waals surface area contributed by atoms with E-state index in [0.717, 1.165) is 13.0 Å². The molecule has 0 radical (unpaired) electrons. The van der Waals surface area contributed by atoms with Crippen LogP contribution in [0.25, 0.3) is 0 Å².